The Balaban J connectivity index is 2.67. The number of benzene rings is 1. The zero-order chi connectivity index (χ0) is 13.0. The van der Waals surface area contributed by atoms with E-state index in [2.05, 4.69) is 5.32 Å². The van der Waals surface area contributed by atoms with Crippen LogP contribution in [0.3, 0.4) is 0 Å². The summed E-state index contributed by atoms with van der Waals surface area (Å²) in [5.41, 5.74) is -0.261. The molecule has 4 nitrogen and oxygen atoms in total. The lowest BCUT2D eigenvalue weighted by Gasteiger charge is -2.06. The summed E-state index contributed by atoms with van der Waals surface area (Å²) in [7, 11) is 0. The Morgan fingerprint density at radius 2 is 1.82 bits per heavy atom. The molecule has 0 saturated carbocycles. The van der Waals surface area contributed by atoms with E-state index in [0.29, 0.717) is 0 Å². The number of hydrogen-bond donors (Lipinski definition) is 2. The monoisotopic (exact) mass is 247 g/mol. The molecule has 0 aromatic heterocycles. The van der Waals surface area contributed by atoms with Crippen LogP contribution in [-0.4, -0.2) is 17.0 Å². The number of amides is 1. The summed E-state index contributed by atoms with van der Waals surface area (Å²) in [6.45, 7) is -0.408. The predicted molar refractivity (Wildman–Crippen MR) is 50.4 cm³/mol. The maximum atomic E-state index is 13.1. The van der Waals surface area contributed by atoms with Crippen LogP contribution >= 0.6 is 0 Å². The van der Waals surface area contributed by atoms with Crippen molar-refractivity contribution in [2.75, 3.05) is 0 Å². The molecule has 0 atom stereocenters. The van der Waals surface area contributed by atoms with Crippen LogP contribution in [0.2, 0.25) is 0 Å². The summed E-state index contributed by atoms with van der Waals surface area (Å²) in [4.78, 5) is 21.1. The van der Waals surface area contributed by atoms with E-state index in [1.54, 1.807) is 0 Å². The SMILES string of the molecule is O=C(O)CC(=O)NCc1ccc(F)c(F)c1F. The van der Waals surface area contributed by atoms with Gasteiger partial charge in [0.15, 0.2) is 17.5 Å². The normalized spacial score (nSPS) is 10.1. The van der Waals surface area contributed by atoms with Gasteiger partial charge in [-0.2, -0.15) is 0 Å². The van der Waals surface area contributed by atoms with Crippen LogP contribution in [0.5, 0.6) is 0 Å². The van der Waals surface area contributed by atoms with Crippen molar-refractivity contribution in [3.8, 4) is 0 Å². The number of carbonyl (C=O) groups excluding carboxylic acids is 1. The maximum absolute atomic E-state index is 13.1. The van der Waals surface area contributed by atoms with Gasteiger partial charge in [-0.3, -0.25) is 9.59 Å². The van der Waals surface area contributed by atoms with E-state index in [9.17, 15) is 22.8 Å². The molecule has 1 amide bonds. The van der Waals surface area contributed by atoms with Gasteiger partial charge in [0, 0.05) is 12.1 Å². The lowest BCUT2D eigenvalue weighted by Crippen LogP contribution is -2.25. The van der Waals surface area contributed by atoms with Gasteiger partial charge in [-0.1, -0.05) is 6.07 Å². The third-order valence-electron chi connectivity index (χ3n) is 1.90. The van der Waals surface area contributed by atoms with E-state index in [1.807, 2.05) is 0 Å². The topological polar surface area (TPSA) is 66.4 Å². The number of carbonyl (C=O) groups is 2. The number of rotatable bonds is 4. The first-order chi connectivity index (χ1) is 7.91. The van der Waals surface area contributed by atoms with Crippen molar-refractivity contribution in [3.63, 3.8) is 0 Å². The Labute approximate surface area is 94.1 Å². The van der Waals surface area contributed by atoms with Gasteiger partial charge in [0.2, 0.25) is 5.91 Å². The molecule has 0 aliphatic carbocycles. The van der Waals surface area contributed by atoms with E-state index in [1.165, 1.54) is 0 Å². The minimum atomic E-state index is -1.63. The van der Waals surface area contributed by atoms with Crippen LogP contribution in [0.25, 0.3) is 0 Å². The first-order valence-corrected chi connectivity index (χ1v) is 4.52. The second-order valence-corrected chi connectivity index (χ2v) is 3.18. The minimum Gasteiger partial charge on any atom is -0.481 e. The summed E-state index contributed by atoms with van der Waals surface area (Å²) >= 11 is 0. The van der Waals surface area contributed by atoms with E-state index < -0.39 is 42.3 Å². The van der Waals surface area contributed by atoms with Crippen molar-refractivity contribution >= 4 is 11.9 Å². The lowest BCUT2D eigenvalue weighted by molar-refractivity contribution is -0.140. The van der Waals surface area contributed by atoms with Gasteiger partial charge in [-0.15, -0.1) is 0 Å². The molecule has 92 valence electrons. The molecule has 0 aliphatic rings. The third-order valence-corrected chi connectivity index (χ3v) is 1.90. The van der Waals surface area contributed by atoms with Crippen LogP contribution in [0.15, 0.2) is 12.1 Å². The average Bonchev–Trinajstić information content (AvgIpc) is 2.24. The van der Waals surface area contributed by atoms with Gasteiger partial charge in [0.1, 0.15) is 6.42 Å². The number of carboxylic acids is 1. The van der Waals surface area contributed by atoms with Crippen molar-refractivity contribution in [3.05, 3.63) is 35.1 Å². The average molecular weight is 247 g/mol. The maximum Gasteiger partial charge on any atom is 0.312 e. The highest BCUT2D eigenvalue weighted by molar-refractivity contribution is 5.93. The number of halogens is 3. The Morgan fingerprint density at radius 1 is 1.18 bits per heavy atom. The number of nitrogens with one attached hydrogen (secondary N) is 1. The zero-order valence-corrected chi connectivity index (χ0v) is 8.47. The van der Waals surface area contributed by atoms with E-state index >= 15 is 0 Å². The molecule has 0 unspecified atom stereocenters. The molecule has 0 fully saturated rings. The van der Waals surface area contributed by atoms with Crippen LogP contribution < -0.4 is 5.32 Å². The van der Waals surface area contributed by atoms with Gasteiger partial charge in [-0.25, -0.2) is 13.2 Å². The molecule has 1 rings (SSSR count). The first kappa shape index (κ1) is 13.0. The molecule has 1 aromatic carbocycles. The van der Waals surface area contributed by atoms with Gasteiger partial charge in [0.05, 0.1) is 0 Å². The highest BCUT2D eigenvalue weighted by atomic mass is 19.2. The number of hydrogen-bond acceptors (Lipinski definition) is 2. The molecule has 0 aliphatic heterocycles. The molecule has 17 heavy (non-hydrogen) atoms. The fraction of sp³-hybridized carbons (Fsp3) is 0.200. The minimum absolute atomic E-state index is 0.261. The van der Waals surface area contributed by atoms with Crippen molar-refractivity contribution < 1.29 is 27.9 Å². The lowest BCUT2D eigenvalue weighted by atomic mass is 10.2. The smallest absolute Gasteiger partial charge is 0.312 e. The third kappa shape index (κ3) is 3.47. The standard InChI is InChI=1S/C10H8F3NO3/c11-6-2-1-5(9(12)10(6)13)4-14-7(15)3-8(16)17/h1-2H,3-4H2,(H,14,15)(H,16,17). The first-order valence-electron chi connectivity index (χ1n) is 4.52. The van der Waals surface area contributed by atoms with Gasteiger partial charge in [-0.05, 0) is 6.07 Å². The molecule has 0 bridgehead atoms. The van der Waals surface area contributed by atoms with Gasteiger partial charge in [0.25, 0.3) is 0 Å². The Bertz CT molecular complexity index is 462. The van der Waals surface area contributed by atoms with Crippen molar-refractivity contribution in [2.24, 2.45) is 0 Å². The summed E-state index contributed by atoms with van der Waals surface area (Å²) in [5.74, 6) is -6.55. The molecule has 1 aromatic rings. The van der Waals surface area contributed by atoms with Crippen LogP contribution in [0.4, 0.5) is 13.2 Å². The fourth-order valence-corrected chi connectivity index (χ4v) is 1.10. The van der Waals surface area contributed by atoms with Crippen LogP contribution in [0, 0.1) is 17.5 Å². The molecule has 7 heteroatoms. The van der Waals surface area contributed by atoms with E-state index in [-0.39, 0.29) is 5.56 Å². The summed E-state index contributed by atoms with van der Waals surface area (Å²) in [6.07, 6.45) is -0.773. The molecule has 0 spiro atoms. The summed E-state index contributed by atoms with van der Waals surface area (Å²) in [6, 6.07) is 1.69. The molecular formula is C10H8F3NO3. The van der Waals surface area contributed by atoms with Gasteiger partial charge < -0.3 is 10.4 Å². The second-order valence-electron chi connectivity index (χ2n) is 3.18. The largest absolute Gasteiger partial charge is 0.481 e. The van der Waals surface area contributed by atoms with Crippen LogP contribution in [-0.2, 0) is 16.1 Å². The zero-order valence-electron chi connectivity index (χ0n) is 8.47. The number of carboxylic acid groups (broad SMARTS) is 1. The summed E-state index contributed by atoms with van der Waals surface area (Å²) < 4.78 is 38.4. The molecule has 2 N–H and O–H groups in total. The fourth-order valence-electron chi connectivity index (χ4n) is 1.10. The quantitative estimate of drug-likeness (QED) is 0.620. The molecular weight excluding hydrogens is 239 g/mol. The van der Waals surface area contributed by atoms with Crippen molar-refractivity contribution in [2.45, 2.75) is 13.0 Å². The van der Waals surface area contributed by atoms with Crippen molar-refractivity contribution in [1.29, 1.82) is 0 Å². The molecule has 0 heterocycles. The Morgan fingerprint density at radius 3 is 2.41 bits per heavy atom. The number of aliphatic carboxylic acids is 1. The Kier molecular flexibility index (Phi) is 4.08. The van der Waals surface area contributed by atoms with Crippen LogP contribution in [0.1, 0.15) is 12.0 Å². The predicted octanol–water partition coefficient (Wildman–Crippen LogP) is 1.19. The summed E-state index contributed by atoms with van der Waals surface area (Å²) in [5, 5.41) is 10.3. The Hall–Kier alpha value is -2.05. The molecule has 0 saturated heterocycles. The van der Waals surface area contributed by atoms with E-state index in [4.69, 9.17) is 5.11 Å². The molecule has 0 radical (unpaired) electrons. The van der Waals surface area contributed by atoms with Crippen molar-refractivity contribution in [1.82, 2.24) is 5.32 Å². The second kappa shape index (κ2) is 5.33. The highest BCUT2D eigenvalue weighted by Crippen LogP contribution is 2.14. The van der Waals surface area contributed by atoms with E-state index in [0.717, 1.165) is 12.1 Å². The van der Waals surface area contributed by atoms with Gasteiger partial charge >= 0.3 is 5.97 Å². The highest BCUT2D eigenvalue weighted by Gasteiger charge is 2.14.